The van der Waals surface area contributed by atoms with Crippen LogP contribution in [-0.2, 0) is 0 Å². The molecule has 0 radical (unpaired) electrons. The van der Waals surface area contributed by atoms with Gasteiger partial charge in [-0.3, -0.25) is 4.98 Å². The fraction of sp³-hybridized carbons (Fsp3) is 0.714. The molecule has 0 aliphatic heterocycles. The number of fused-ring (bicyclic) bond motifs is 5. The molecule has 1 heterocycles. The van der Waals surface area contributed by atoms with Gasteiger partial charge in [0.1, 0.15) is 11.8 Å². The first-order chi connectivity index (χ1) is 8.81. The zero-order valence-electron chi connectivity index (χ0n) is 10.5. The third-order valence-electron chi connectivity index (χ3n) is 5.32. The molecule has 0 aromatic carbocycles. The Morgan fingerprint density at radius 1 is 1.22 bits per heavy atom. The van der Waals surface area contributed by atoms with Crippen molar-refractivity contribution in [3.05, 3.63) is 18.1 Å². The van der Waals surface area contributed by atoms with Crippen LogP contribution in [0.25, 0.3) is 0 Å². The number of hydrogen-bond acceptors (Lipinski definition) is 4. The van der Waals surface area contributed by atoms with E-state index in [0.29, 0.717) is 17.5 Å². The molecule has 3 aliphatic rings. The van der Waals surface area contributed by atoms with Crippen molar-refractivity contribution in [2.75, 3.05) is 7.11 Å². The van der Waals surface area contributed by atoms with Crippen LogP contribution in [0.3, 0.4) is 0 Å². The minimum Gasteiger partial charge on any atom is -0.480 e. The summed E-state index contributed by atoms with van der Waals surface area (Å²) in [6.07, 6.45) is 6.88. The molecule has 4 rings (SSSR count). The number of nitrogens with zero attached hydrogens (tertiary/aromatic N) is 2. The zero-order valence-corrected chi connectivity index (χ0v) is 10.5. The van der Waals surface area contributed by atoms with Crippen LogP contribution in [0.15, 0.2) is 12.4 Å². The summed E-state index contributed by atoms with van der Waals surface area (Å²) in [6.45, 7) is 0. The highest BCUT2D eigenvalue weighted by molar-refractivity contribution is 5.25. The van der Waals surface area contributed by atoms with E-state index >= 15 is 0 Å². The van der Waals surface area contributed by atoms with Gasteiger partial charge in [-0.05, 0) is 48.9 Å². The van der Waals surface area contributed by atoms with Crippen molar-refractivity contribution in [1.82, 2.24) is 9.97 Å². The summed E-state index contributed by atoms with van der Waals surface area (Å²) >= 11 is 0. The summed E-state index contributed by atoms with van der Waals surface area (Å²) in [7, 11) is 1.58. The Hall–Kier alpha value is -1.16. The van der Waals surface area contributed by atoms with Gasteiger partial charge in [-0.2, -0.15) is 0 Å². The number of aromatic nitrogens is 2. The van der Waals surface area contributed by atoms with Gasteiger partial charge in [0.2, 0.25) is 5.88 Å². The van der Waals surface area contributed by atoms with E-state index in [2.05, 4.69) is 9.97 Å². The molecule has 2 bridgehead atoms. The first kappa shape index (κ1) is 10.7. The largest absolute Gasteiger partial charge is 0.480 e. The van der Waals surface area contributed by atoms with Gasteiger partial charge < -0.3 is 9.84 Å². The lowest BCUT2D eigenvalue weighted by Crippen LogP contribution is -2.11. The minimum atomic E-state index is -0.493. The number of methoxy groups -OCH3 is 1. The van der Waals surface area contributed by atoms with E-state index in [1.54, 1.807) is 19.5 Å². The molecule has 1 aromatic rings. The standard InChI is InChI=1S/C14H18N2O2/c1-18-14-12(15-4-5-16-14)13(17)11-9-7-2-3-8(6-7)10(9)11/h4-5,7-11,13,17H,2-3,6H2,1H3. The molecule has 3 fully saturated rings. The summed E-state index contributed by atoms with van der Waals surface area (Å²) in [4.78, 5) is 8.40. The fourth-order valence-electron chi connectivity index (χ4n) is 4.69. The molecule has 5 unspecified atom stereocenters. The number of rotatable bonds is 3. The summed E-state index contributed by atoms with van der Waals surface area (Å²) < 4.78 is 5.20. The summed E-state index contributed by atoms with van der Waals surface area (Å²) in [5.74, 6) is 4.09. The van der Waals surface area contributed by atoms with Crippen molar-refractivity contribution in [1.29, 1.82) is 0 Å². The number of ether oxygens (including phenoxy) is 1. The van der Waals surface area contributed by atoms with E-state index in [-0.39, 0.29) is 0 Å². The molecule has 3 aliphatic carbocycles. The van der Waals surface area contributed by atoms with Crippen molar-refractivity contribution >= 4 is 0 Å². The van der Waals surface area contributed by atoms with Crippen LogP contribution < -0.4 is 4.74 Å². The lowest BCUT2D eigenvalue weighted by molar-refractivity contribution is 0.121. The van der Waals surface area contributed by atoms with Gasteiger partial charge in [-0.25, -0.2) is 4.98 Å². The van der Waals surface area contributed by atoms with Gasteiger partial charge in [0.15, 0.2) is 0 Å². The molecule has 5 atom stereocenters. The molecule has 0 saturated heterocycles. The maximum Gasteiger partial charge on any atom is 0.238 e. The maximum atomic E-state index is 10.6. The average molecular weight is 246 g/mol. The van der Waals surface area contributed by atoms with Crippen molar-refractivity contribution in [2.45, 2.75) is 25.4 Å². The van der Waals surface area contributed by atoms with Gasteiger partial charge in [0.25, 0.3) is 0 Å². The van der Waals surface area contributed by atoms with E-state index < -0.39 is 6.10 Å². The van der Waals surface area contributed by atoms with Gasteiger partial charge in [0.05, 0.1) is 7.11 Å². The van der Waals surface area contributed by atoms with Crippen LogP contribution in [0, 0.1) is 29.6 Å². The molecular weight excluding hydrogens is 228 g/mol. The molecule has 18 heavy (non-hydrogen) atoms. The molecule has 0 spiro atoms. The van der Waals surface area contributed by atoms with Crippen LogP contribution in [0.4, 0.5) is 0 Å². The number of aliphatic hydroxyl groups is 1. The molecule has 3 saturated carbocycles. The Kier molecular flexibility index (Phi) is 2.19. The van der Waals surface area contributed by atoms with Gasteiger partial charge in [-0.15, -0.1) is 0 Å². The maximum absolute atomic E-state index is 10.6. The summed E-state index contributed by atoms with van der Waals surface area (Å²) in [5, 5.41) is 10.6. The van der Waals surface area contributed by atoms with E-state index in [9.17, 15) is 5.11 Å². The van der Waals surface area contributed by atoms with Crippen molar-refractivity contribution in [3.63, 3.8) is 0 Å². The summed E-state index contributed by atoms with van der Waals surface area (Å²) in [6, 6.07) is 0. The molecule has 4 heteroatoms. The zero-order chi connectivity index (χ0) is 12.3. The van der Waals surface area contributed by atoms with E-state index in [1.807, 2.05) is 0 Å². The van der Waals surface area contributed by atoms with Gasteiger partial charge >= 0.3 is 0 Å². The Bertz CT molecular complexity index is 463. The quantitative estimate of drug-likeness (QED) is 0.883. The summed E-state index contributed by atoms with van der Waals surface area (Å²) in [5.41, 5.74) is 0.624. The van der Waals surface area contributed by atoms with E-state index in [0.717, 1.165) is 23.7 Å². The minimum absolute atomic E-state index is 0.404. The van der Waals surface area contributed by atoms with Crippen LogP contribution in [0.2, 0.25) is 0 Å². The Morgan fingerprint density at radius 3 is 2.56 bits per heavy atom. The number of hydrogen-bond donors (Lipinski definition) is 1. The third-order valence-corrected chi connectivity index (χ3v) is 5.32. The smallest absolute Gasteiger partial charge is 0.238 e. The highest BCUT2D eigenvalue weighted by Gasteiger charge is 2.67. The fourth-order valence-corrected chi connectivity index (χ4v) is 4.69. The Labute approximate surface area is 106 Å². The lowest BCUT2D eigenvalue weighted by Gasteiger charge is -2.16. The SMILES string of the molecule is COc1nccnc1C(O)C1C2C3CCC(C3)C21. The second-order valence-corrected chi connectivity index (χ2v) is 5.96. The highest BCUT2D eigenvalue weighted by atomic mass is 16.5. The third kappa shape index (κ3) is 1.30. The lowest BCUT2D eigenvalue weighted by atomic mass is 9.97. The van der Waals surface area contributed by atoms with Gasteiger partial charge in [-0.1, -0.05) is 0 Å². The van der Waals surface area contributed by atoms with E-state index in [4.69, 9.17) is 4.74 Å². The van der Waals surface area contributed by atoms with Crippen molar-refractivity contribution in [2.24, 2.45) is 29.6 Å². The first-order valence-corrected chi connectivity index (χ1v) is 6.84. The number of aliphatic hydroxyl groups excluding tert-OH is 1. The second kappa shape index (κ2) is 3.67. The van der Waals surface area contributed by atoms with Crippen LogP contribution >= 0.6 is 0 Å². The second-order valence-electron chi connectivity index (χ2n) is 5.96. The Balaban J connectivity index is 1.60. The predicted octanol–water partition coefficient (Wildman–Crippen LogP) is 1.81. The van der Waals surface area contributed by atoms with Gasteiger partial charge in [0, 0.05) is 12.4 Å². The normalized spacial score (nSPS) is 41.6. The predicted molar refractivity (Wildman–Crippen MR) is 64.8 cm³/mol. The molecule has 0 amide bonds. The molecular formula is C14H18N2O2. The van der Waals surface area contributed by atoms with Crippen molar-refractivity contribution in [3.8, 4) is 5.88 Å². The molecule has 4 nitrogen and oxygen atoms in total. The molecule has 96 valence electrons. The van der Waals surface area contributed by atoms with Crippen LogP contribution in [-0.4, -0.2) is 22.2 Å². The van der Waals surface area contributed by atoms with Crippen LogP contribution in [0.5, 0.6) is 5.88 Å². The highest BCUT2D eigenvalue weighted by Crippen LogP contribution is 2.72. The Morgan fingerprint density at radius 2 is 1.89 bits per heavy atom. The molecule has 1 N–H and O–H groups in total. The first-order valence-electron chi connectivity index (χ1n) is 6.84. The monoisotopic (exact) mass is 246 g/mol. The molecule has 1 aromatic heterocycles. The topological polar surface area (TPSA) is 55.2 Å². The van der Waals surface area contributed by atoms with Crippen LogP contribution in [0.1, 0.15) is 31.1 Å². The van der Waals surface area contributed by atoms with E-state index in [1.165, 1.54) is 19.3 Å². The average Bonchev–Trinajstić information content (AvgIpc) is 2.85. The van der Waals surface area contributed by atoms with Crippen molar-refractivity contribution < 1.29 is 9.84 Å².